The summed E-state index contributed by atoms with van der Waals surface area (Å²) >= 11 is 1.47. The molecule has 132 valence electrons. The van der Waals surface area contributed by atoms with Crippen LogP contribution < -0.4 is 0 Å². The first-order valence-corrected chi connectivity index (χ1v) is 9.99. The van der Waals surface area contributed by atoms with E-state index < -0.39 is 0 Å². The minimum atomic E-state index is -0.264. The quantitative estimate of drug-likeness (QED) is 0.808. The van der Waals surface area contributed by atoms with Gasteiger partial charge in [-0.2, -0.15) is 0 Å². The van der Waals surface area contributed by atoms with Gasteiger partial charge in [0.25, 0.3) is 0 Å². The van der Waals surface area contributed by atoms with Crippen LogP contribution in [0.5, 0.6) is 0 Å². The Morgan fingerprint density at radius 3 is 3.04 bits per heavy atom. The standard InChI is InChI=1S/C20H23FN2OS/c1-13-11-23(18-8-3-2-7-17(13)18)19(24)10-16-12-25-20(22-16)14-5-4-6-15(21)9-14/h4-6,9,12-13,17-18H,2-3,7-8,10-11H2,1H3. The second kappa shape index (κ2) is 6.87. The normalized spacial score (nSPS) is 25.8. The number of carbonyl (C=O) groups is 1. The van der Waals surface area contributed by atoms with Gasteiger partial charge in [-0.25, -0.2) is 9.37 Å². The zero-order chi connectivity index (χ0) is 17.4. The summed E-state index contributed by atoms with van der Waals surface area (Å²) in [7, 11) is 0. The first-order chi connectivity index (χ1) is 12.1. The highest BCUT2D eigenvalue weighted by molar-refractivity contribution is 7.13. The third kappa shape index (κ3) is 3.34. The van der Waals surface area contributed by atoms with Crippen molar-refractivity contribution in [2.24, 2.45) is 11.8 Å². The van der Waals surface area contributed by atoms with E-state index in [0.29, 0.717) is 24.3 Å². The molecule has 1 aliphatic heterocycles. The second-order valence-corrected chi connectivity index (χ2v) is 8.23. The molecular weight excluding hydrogens is 335 g/mol. The Hall–Kier alpha value is -1.75. The molecule has 25 heavy (non-hydrogen) atoms. The zero-order valence-electron chi connectivity index (χ0n) is 14.5. The topological polar surface area (TPSA) is 33.2 Å². The lowest BCUT2D eigenvalue weighted by Gasteiger charge is -2.32. The van der Waals surface area contributed by atoms with E-state index in [0.717, 1.165) is 29.2 Å². The molecule has 1 saturated heterocycles. The SMILES string of the molecule is CC1CN(C(=O)Cc2csc(-c3cccc(F)c3)n2)C2CCCCC12. The summed E-state index contributed by atoms with van der Waals surface area (Å²) < 4.78 is 13.4. The van der Waals surface area contributed by atoms with E-state index in [-0.39, 0.29) is 11.7 Å². The Labute approximate surface area is 151 Å². The number of hydrogen-bond acceptors (Lipinski definition) is 3. The molecule has 3 unspecified atom stereocenters. The van der Waals surface area contributed by atoms with Gasteiger partial charge in [0.15, 0.2) is 0 Å². The van der Waals surface area contributed by atoms with E-state index in [4.69, 9.17) is 0 Å². The highest BCUT2D eigenvalue weighted by Gasteiger charge is 2.42. The number of amides is 1. The first-order valence-electron chi connectivity index (χ1n) is 9.11. The number of hydrogen-bond donors (Lipinski definition) is 0. The molecule has 2 heterocycles. The van der Waals surface area contributed by atoms with Crippen molar-refractivity contribution in [3.63, 3.8) is 0 Å². The minimum Gasteiger partial charge on any atom is -0.339 e. The van der Waals surface area contributed by atoms with Crippen LogP contribution in [0.2, 0.25) is 0 Å². The molecule has 2 fully saturated rings. The van der Waals surface area contributed by atoms with Crippen molar-refractivity contribution in [2.45, 2.75) is 45.1 Å². The summed E-state index contributed by atoms with van der Waals surface area (Å²) in [4.78, 5) is 19.5. The summed E-state index contributed by atoms with van der Waals surface area (Å²) in [5.74, 6) is 1.21. The molecular formula is C20H23FN2OS. The van der Waals surface area contributed by atoms with Crippen LogP contribution in [-0.4, -0.2) is 28.4 Å². The van der Waals surface area contributed by atoms with Crippen LogP contribution in [0.15, 0.2) is 29.6 Å². The molecule has 0 bridgehead atoms. The fraction of sp³-hybridized carbons (Fsp3) is 0.500. The molecule has 5 heteroatoms. The van der Waals surface area contributed by atoms with E-state index in [1.807, 2.05) is 11.4 Å². The van der Waals surface area contributed by atoms with Crippen molar-refractivity contribution in [1.29, 1.82) is 0 Å². The highest BCUT2D eigenvalue weighted by atomic mass is 32.1. The molecule has 3 atom stereocenters. The highest BCUT2D eigenvalue weighted by Crippen LogP contribution is 2.40. The number of thiazole rings is 1. The molecule has 1 saturated carbocycles. The second-order valence-electron chi connectivity index (χ2n) is 7.37. The molecule has 0 spiro atoms. The Bertz CT molecular complexity index is 775. The van der Waals surface area contributed by atoms with Gasteiger partial charge < -0.3 is 4.90 Å². The van der Waals surface area contributed by atoms with Crippen molar-refractivity contribution in [2.75, 3.05) is 6.54 Å². The van der Waals surface area contributed by atoms with Crippen LogP contribution in [0.3, 0.4) is 0 Å². The van der Waals surface area contributed by atoms with Crippen LogP contribution in [0.4, 0.5) is 4.39 Å². The summed E-state index contributed by atoms with van der Waals surface area (Å²) in [6.45, 7) is 3.16. The fourth-order valence-corrected chi connectivity index (χ4v) is 5.27. The van der Waals surface area contributed by atoms with Crippen LogP contribution in [-0.2, 0) is 11.2 Å². The van der Waals surface area contributed by atoms with Gasteiger partial charge in [-0.1, -0.05) is 31.9 Å². The number of carbonyl (C=O) groups excluding carboxylic acids is 1. The molecule has 1 aliphatic carbocycles. The Morgan fingerprint density at radius 2 is 2.20 bits per heavy atom. The zero-order valence-corrected chi connectivity index (χ0v) is 15.3. The number of aromatic nitrogens is 1. The fourth-order valence-electron chi connectivity index (χ4n) is 4.46. The number of rotatable bonds is 3. The van der Waals surface area contributed by atoms with Crippen molar-refractivity contribution < 1.29 is 9.18 Å². The molecule has 1 aromatic carbocycles. The van der Waals surface area contributed by atoms with Gasteiger partial charge in [0.05, 0.1) is 12.1 Å². The predicted molar refractivity (Wildman–Crippen MR) is 97.8 cm³/mol. The van der Waals surface area contributed by atoms with Gasteiger partial charge in [0.1, 0.15) is 10.8 Å². The number of likely N-dealkylation sites (tertiary alicyclic amines) is 1. The van der Waals surface area contributed by atoms with Crippen molar-refractivity contribution in [3.8, 4) is 10.6 Å². The monoisotopic (exact) mass is 358 g/mol. The van der Waals surface area contributed by atoms with Crippen molar-refractivity contribution in [3.05, 3.63) is 41.2 Å². The average molecular weight is 358 g/mol. The summed E-state index contributed by atoms with van der Waals surface area (Å²) in [5, 5.41) is 2.70. The van der Waals surface area contributed by atoms with Crippen LogP contribution >= 0.6 is 11.3 Å². The lowest BCUT2D eigenvalue weighted by atomic mass is 9.80. The van der Waals surface area contributed by atoms with E-state index >= 15 is 0 Å². The minimum absolute atomic E-state index is 0.192. The van der Waals surface area contributed by atoms with Gasteiger partial charge in [-0.15, -0.1) is 11.3 Å². The van der Waals surface area contributed by atoms with Crippen LogP contribution in [0.25, 0.3) is 10.6 Å². The predicted octanol–water partition coefficient (Wildman–Crippen LogP) is 4.53. The van der Waals surface area contributed by atoms with Crippen molar-refractivity contribution in [1.82, 2.24) is 9.88 Å². The smallest absolute Gasteiger partial charge is 0.228 e. The molecule has 0 N–H and O–H groups in total. The summed E-state index contributed by atoms with van der Waals surface area (Å²) in [6, 6.07) is 6.88. The Morgan fingerprint density at radius 1 is 1.36 bits per heavy atom. The van der Waals surface area contributed by atoms with Gasteiger partial charge in [0, 0.05) is 23.5 Å². The maximum Gasteiger partial charge on any atom is 0.228 e. The first kappa shape index (κ1) is 16.7. The van der Waals surface area contributed by atoms with E-state index in [9.17, 15) is 9.18 Å². The third-order valence-corrected chi connectivity index (χ3v) is 6.61. The summed E-state index contributed by atoms with van der Waals surface area (Å²) in [6.07, 6.45) is 5.29. The Kier molecular flexibility index (Phi) is 4.59. The van der Waals surface area contributed by atoms with E-state index in [1.54, 1.807) is 6.07 Å². The third-order valence-electron chi connectivity index (χ3n) is 5.67. The number of fused-ring (bicyclic) bond motifs is 1. The van der Waals surface area contributed by atoms with Crippen LogP contribution in [0, 0.1) is 17.7 Å². The lowest BCUT2D eigenvalue weighted by molar-refractivity contribution is -0.132. The maximum absolute atomic E-state index is 13.4. The molecule has 3 nitrogen and oxygen atoms in total. The van der Waals surface area contributed by atoms with Gasteiger partial charge in [0.2, 0.25) is 5.91 Å². The molecule has 4 rings (SSSR count). The van der Waals surface area contributed by atoms with Crippen molar-refractivity contribution >= 4 is 17.2 Å². The van der Waals surface area contributed by atoms with Crippen LogP contribution in [0.1, 0.15) is 38.3 Å². The van der Waals surface area contributed by atoms with Gasteiger partial charge in [-0.3, -0.25) is 4.79 Å². The molecule has 1 amide bonds. The number of benzene rings is 1. The van der Waals surface area contributed by atoms with Gasteiger partial charge >= 0.3 is 0 Å². The lowest BCUT2D eigenvalue weighted by Crippen LogP contribution is -2.40. The molecule has 2 aromatic rings. The van der Waals surface area contributed by atoms with E-state index in [2.05, 4.69) is 16.8 Å². The number of nitrogens with zero attached hydrogens (tertiary/aromatic N) is 2. The van der Waals surface area contributed by atoms with Gasteiger partial charge in [-0.05, 0) is 36.8 Å². The largest absolute Gasteiger partial charge is 0.339 e. The molecule has 0 radical (unpaired) electrons. The molecule has 2 aliphatic rings. The maximum atomic E-state index is 13.4. The average Bonchev–Trinajstić information content (AvgIpc) is 3.20. The Balaban J connectivity index is 1.46. The molecule has 1 aromatic heterocycles. The van der Waals surface area contributed by atoms with E-state index in [1.165, 1.54) is 42.7 Å². The number of halogens is 1. The summed E-state index contributed by atoms with van der Waals surface area (Å²) in [5.41, 5.74) is 1.56.